The van der Waals surface area contributed by atoms with Gasteiger partial charge in [0, 0.05) is 18.2 Å². The number of carbonyl (C=O) groups is 1. The Hall–Kier alpha value is -1.74. The van der Waals surface area contributed by atoms with Crippen molar-refractivity contribution in [1.29, 1.82) is 0 Å². The maximum absolute atomic E-state index is 13.0. The highest BCUT2D eigenvalue weighted by molar-refractivity contribution is 6.29. The SMILES string of the molecule is Cc1cc(F)ccc1CC(=O)c1ccnc(Cl)c1. The predicted molar refractivity (Wildman–Crippen MR) is 68.4 cm³/mol. The number of nitrogens with zero attached hydrogens (tertiary/aromatic N) is 1. The van der Waals surface area contributed by atoms with Gasteiger partial charge in [0.1, 0.15) is 11.0 Å². The molecule has 0 unspecified atom stereocenters. The fraction of sp³-hybridized carbons (Fsp3) is 0.143. The highest BCUT2D eigenvalue weighted by Crippen LogP contribution is 2.15. The van der Waals surface area contributed by atoms with Crippen molar-refractivity contribution in [1.82, 2.24) is 4.98 Å². The van der Waals surface area contributed by atoms with Crippen molar-refractivity contribution < 1.29 is 9.18 Å². The maximum atomic E-state index is 13.0. The minimum atomic E-state index is -0.296. The molecule has 0 atom stereocenters. The van der Waals surface area contributed by atoms with E-state index >= 15 is 0 Å². The first-order valence-electron chi connectivity index (χ1n) is 5.46. The average molecular weight is 264 g/mol. The van der Waals surface area contributed by atoms with E-state index in [2.05, 4.69) is 4.98 Å². The Labute approximate surface area is 109 Å². The second-order valence-corrected chi connectivity index (χ2v) is 4.43. The van der Waals surface area contributed by atoms with Gasteiger partial charge in [0.2, 0.25) is 0 Å². The first kappa shape index (κ1) is 12.7. The Morgan fingerprint density at radius 3 is 2.78 bits per heavy atom. The van der Waals surface area contributed by atoms with E-state index in [1.807, 2.05) is 0 Å². The zero-order valence-corrected chi connectivity index (χ0v) is 10.5. The number of rotatable bonds is 3. The minimum absolute atomic E-state index is 0.0611. The normalized spacial score (nSPS) is 10.4. The van der Waals surface area contributed by atoms with Crippen molar-refractivity contribution in [2.45, 2.75) is 13.3 Å². The summed E-state index contributed by atoms with van der Waals surface area (Å²) in [5, 5.41) is 0.289. The molecule has 0 aliphatic rings. The number of benzene rings is 1. The smallest absolute Gasteiger partial charge is 0.167 e. The Balaban J connectivity index is 2.21. The molecule has 0 bridgehead atoms. The fourth-order valence-corrected chi connectivity index (χ4v) is 1.88. The summed E-state index contributed by atoms with van der Waals surface area (Å²) in [4.78, 5) is 15.8. The van der Waals surface area contributed by atoms with Crippen LogP contribution in [-0.4, -0.2) is 10.8 Å². The molecule has 1 heterocycles. The molecule has 92 valence electrons. The van der Waals surface area contributed by atoms with Crippen LogP contribution >= 0.6 is 11.6 Å². The second-order valence-electron chi connectivity index (χ2n) is 4.04. The quantitative estimate of drug-likeness (QED) is 0.625. The molecule has 0 N–H and O–H groups in total. The lowest BCUT2D eigenvalue weighted by atomic mass is 10.00. The molecule has 2 aromatic rings. The first-order valence-corrected chi connectivity index (χ1v) is 5.84. The zero-order chi connectivity index (χ0) is 13.1. The Morgan fingerprint density at radius 1 is 1.33 bits per heavy atom. The lowest BCUT2D eigenvalue weighted by Gasteiger charge is -2.05. The van der Waals surface area contributed by atoms with Gasteiger partial charge in [0.15, 0.2) is 5.78 Å². The summed E-state index contributed by atoms with van der Waals surface area (Å²) in [7, 11) is 0. The number of aromatic nitrogens is 1. The van der Waals surface area contributed by atoms with Gasteiger partial charge in [0.25, 0.3) is 0 Å². The van der Waals surface area contributed by atoms with Gasteiger partial charge < -0.3 is 0 Å². The van der Waals surface area contributed by atoms with Crippen molar-refractivity contribution in [3.05, 3.63) is 64.2 Å². The van der Waals surface area contributed by atoms with Crippen LogP contribution in [0.25, 0.3) is 0 Å². The van der Waals surface area contributed by atoms with Crippen molar-refractivity contribution in [2.24, 2.45) is 0 Å². The molecule has 0 aliphatic carbocycles. The third-order valence-electron chi connectivity index (χ3n) is 2.70. The van der Waals surface area contributed by atoms with Crippen LogP contribution in [0.5, 0.6) is 0 Å². The monoisotopic (exact) mass is 263 g/mol. The van der Waals surface area contributed by atoms with Crippen LogP contribution in [-0.2, 0) is 6.42 Å². The summed E-state index contributed by atoms with van der Waals surface area (Å²) in [6, 6.07) is 7.55. The number of aryl methyl sites for hydroxylation is 1. The summed E-state index contributed by atoms with van der Waals surface area (Å²) >= 11 is 5.73. The van der Waals surface area contributed by atoms with Crippen LogP contribution in [0.15, 0.2) is 36.5 Å². The molecule has 0 spiro atoms. The highest BCUT2D eigenvalue weighted by atomic mass is 35.5. The summed E-state index contributed by atoms with van der Waals surface area (Å²) in [6.07, 6.45) is 1.72. The van der Waals surface area contributed by atoms with Crippen molar-refractivity contribution in [3.8, 4) is 0 Å². The van der Waals surface area contributed by atoms with Crippen LogP contribution in [0.2, 0.25) is 5.15 Å². The van der Waals surface area contributed by atoms with E-state index in [1.165, 1.54) is 24.4 Å². The molecule has 0 saturated heterocycles. The molecule has 18 heavy (non-hydrogen) atoms. The summed E-state index contributed by atoms with van der Waals surface area (Å²) in [6.45, 7) is 1.78. The zero-order valence-electron chi connectivity index (χ0n) is 9.78. The molecule has 4 heteroatoms. The van der Waals surface area contributed by atoms with Gasteiger partial charge in [-0.25, -0.2) is 9.37 Å². The van der Waals surface area contributed by atoms with E-state index in [1.54, 1.807) is 19.1 Å². The van der Waals surface area contributed by atoms with Gasteiger partial charge in [0.05, 0.1) is 0 Å². The van der Waals surface area contributed by atoms with E-state index < -0.39 is 0 Å². The topological polar surface area (TPSA) is 30.0 Å². The maximum Gasteiger partial charge on any atom is 0.167 e. The van der Waals surface area contributed by atoms with Crippen LogP contribution in [0.3, 0.4) is 0 Å². The van der Waals surface area contributed by atoms with Gasteiger partial charge in [-0.15, -0.1) is 0 Å². The Kier molecular flexibility index (Phi) is 3.72. The van der Waals surface area contributed by atoms with Crippen LogP contribution in [0.1, 0.15) is 21.5 Å². The standard InChI is InChI=1S/C14H11ClFNO/c1-9-6-12(16)3-2-10(9)7-13(18)11-4-5-17-14(15)8-11/h2-6,8H,7H2,1H3. The molecule has 0 amide bonds. The third-order valence-corrected chi connectivity index (χ3v) is 2.91. The van der Waals surface area contributed by atoms with Crippen molar-refractivity contribution in [2.75, 3.05) is 0 Å². The molecule has 0 saturated carbocycles. The summed E-state index contributed by atoms with van der Waals surface area (Å²) in [5.74, 6) is -0.357. The lowest BCUT2D eigenvalue weighted by molar-refractivity contribution is 0.0992. The Morgan fingerprint density at radius 2 is 2.11 bits per heavy atom. The number of pyridine rings is 1. The molecule has 1 aromatic heterocycles. The number of hydrogen-bond acceptors (Lipinski definition) is 2. The summed E-state index contributed by atoms with van der Waals surface area (Å²) in [5.41, 5.74) is 2.09. The van der Waals surface area contributed by atoms with Crippen LogP contribution < -0.4 is 0 Å². The van der Waals surface area contributed by atoms with Crippen LogP contribution in [0.4, 0.5) is 4.39 Å². The van der Waals surface area contributed by atoms with Crippen molar-refractivity contribution in [3.63, 3.8) is 0 Å². The van der Waals surface area contributed by atoms with Crippen LogP contribution in [0, 0.1) is 12.7 Å². The fourth-order valence-electron chi connectivity index (χ4n) is 1.71. The van der Waals surface area contributed by atoms with E-state index in [-0.39, 0.29) is 23.2 Å². The van der Waals surface area contributed by atoms with E-state index in [0.29, 0.717) is 5.56 Å². The van der Waals surface area contributed by atoms with Gasteiger partial charge in [-0.1, -0.05) is 17.7 Å². The second kappa shape index (κ2) is 5.27. The molecule has 2 nitrogen and oxygen atoms in total. The number of carbonyl (C=O) groups excluding carboxylic acids is 1. The largest absolute Gasteiger partial charge is 0.294 e. The van der Waals surface area contributed by atoms with Gasteiger partial charge in [-0.2, -0.15) is 0 Å². The van der Waals surface area contributed by atoms with Gasteiger partial charge in [-0.05, 0) is 42.3 Å². The predicted octanol–water partition coefficient (Wildman–Crippen LogP) is 3.61. The number of Topliss-reactive ketones (excluding diaryl/α,β-unsaturated/α-hetero) is 1. The number of hydrogen-bond donors (Lipinski definition) is 0. The van der Waals surface area contributed by atoms with Crippen molar-refractivity contribution >= 4 is 17.4 Å². The Bertz CT molecular complexity index is 598. The summed E-state index contributed by atoms with van der Waals surface area (Å²) < 4.78 is 13.0. The van der Waals surface area contributed by atoms with Gasteiger partial charge in [-0.3, -0.25) is 4.79 Å². The molecular weight excluding hydrogens is 253 g/mol. The van der Waals surface area contributed by atoms with E-state index in [4.69, 9.17) is 11.6 Å². The molecule has 0 fully saturated rings. The molecule has 0 radical (unpaired) electrons. The van der Waals surface area contributed by atoms with E-state index in [0.717, 1.165) is 11.1 Å². The van der Waals surface area contributed by atoms with Gasteiger partial charge >= 0.3 is 0 Å². The molecule has 1 aromatic carbocycles. The molecular formula is C14H11ClFNO. The van der Waals surface area contributed by atoms with E-state index in [9.17, 15) is 9.18 Å². The minimum Gasteiger partial charge on any atom is -0.294 e. The number of halogens is 2. The third kappa shape index (κ3) is 2.93. The number of ketones is 1. The first-order chi connectivity index (χ1) is 8.56. The lowest BCUT2D eigenvalue weighted by Crippen LogP contribution is -2.05. The average Bonchev–Trinajstić information content (AvgIpc) is 2.32. The molecule has 2 rings (SSSR count). The molecule has 0 aliphatic heterocycles. The highest BCUT2D eigenvalue weighted by Gasteiger charge is 2.10.